The predicted molar refractivity (Wildman–Crippen MR) is 83.9 cm³/mol. The third kappa shape index (κ3) is 3.60. The molecular formula is C16H23N5O2. The zero-order valence-electron chi connectivity index (χ0n) is 13.9. The Bertz CT molecular complexity index is 690. The molecule has 1 atom stereocenters. The van der Waals surface area contributed by atoms with Crippen molar-refractivity contribution in [3.8, 4) is 0 Å². The summed E-state index contributed by atoms with van der Waals surface area (Å²) in [5.41, 5.74) is 2.08. The van der Waals surface area contributed by atoms with Gasteiger partial charge in [-0.15, -0.1) is 0 Å². The molecule has 23 heavy (non-hydrogen) atoms. The van der Waals surface area contributed by atoms with Gasteiger partial charge < -0.3 is 9.42 Å². The Kier molecular flexibility index (Phi) is 4.45. The highest BCUT2D eigenvalue weighted by Crippen LogP contribution is 2.26. The molecule has 1 saturated heterocycles. The summed E-state index contributed by atoms with van der Waals surface area (Å²) >= 11 is 0. The molecule has 2 aromatic rings. The molecule has 0 spiro atoms. The molecule has 0 aromatic carbocycles. The molecule has 1 fully saturated rings. The summed E-state index contributed by atoms with van der Waals surface area (Å²) in [4.78, 5) is 18.7. The van der Waals surface area contributed by atoms with E-state index in [1.54, 1.807) is 0 Å². The fourth-order valence-electron chi connectivity index (χ4n) is 3.15. The van der Waals surface area contributed by atoms with Crippen LogP contribution in [0.25, 0.3) is 0 Å². The van der Waals surface area contributed by atoms with E-state index >= 15 is 0 Å². The van der Waals surface area contributed by atoms with Gasteiger partial charge in [-0.3, -0.25) is 9.48 Å². The molecule has 7 nitrogen and oxygen atoms in total. The van der Waals surface area contributed by atoms with Crippen LogP contribution in [-0.2, 0) is 11.3 Å². The van der Waals surface area contributed by atoms with E-state index in [0.29, 0.717) is 31.2 Å². The highest BCUT2D eigenvalue weighted by atomic mass is 16.5. The lowest BCUT2D eigenvalue weighted by Crippen LogP contribution is -2.39. The third-order valence-corrected chi connectivity index (χ3v) is 4.31. The standard InChI is InChI=1S/C16H23N5O2/c1-11-9-12(2)21(18-11)8-6-15(22)20-7-4-5-14(10-20)16-17-13(3)19-23-16/h9,14H,4-8,10H2,1-3H3. The minimum Gasteiger partial charge on any atom is -0.342 e. The molecule has 1 aliphatic rings. The molecule has 1 amide bonds. The van der Waals surface area contributed by atoms with E-state index in [2.05, 4.69) is 15.2 Å². The number of nitrogens with zero attached hydrogens (tertiary/aromatic N) is 5. The Morgan fingerprint density at radius 3 is 2.87 bits per heavy atom. The van der Waals surface area contributed by atoms with Gasteiger partial charge in [0.1, 0.15) is 0 Å². The number of hydrogen-bond acceptors (Lipinski definition) is 5. The summed E-state index contributed by atoms with van der Waals surface area (Å²) in [6.45, 7) is 7.88. The summed E-state index contributed by atoms with van der Waals surface area (Å²) in [7, 11) is 0. The van der Waals surface area contributed by atoms with Crippen molar-refractivity contribution < 1.29 is 9.32 Å². The van der Waals surface area contributed by atoms with E-state index in [-0.39, 0.29) is 11.8 Å². The minimum absolute atomic E-state index is 0.155. The first kappa shape index (κ1) is 15.7. The summed E-state index contributed by atoms with van der Waals surface area (Å²) in [6, 6.07) is 2.03. The summed E-state index contributed by atoms with van der Waals surface area (Å²) in [6.07, 6.45) is 2.43. The van der Waals surface area contributed by atoms with Gasteiger partial charge in [-0.05, 0) is 39.7 Å². The van der Waals surface area contributed by atoms with Crippen molar-refractivity contribution in [3.05, 3.63) is 29.2 Å². The van der Waals surface area contributed by atoms with Crippen molar-refractivity contribution in [2.75, 3.05) is 13.1 Å². The zero-order chi connectivity index (χ0) is 16.4. The van der Waals surface area contributed by atoms with Gasteiger partial charge >= 0.3 is 0 Å². The molecule has 1 aliphatic heterocycles. The van der Waals surface area contributed by atoms with Crippen molar-refractivity contribution in [1.82, 2.24) is 24.8 Å². The van der Waals surface area contributed by atoms with Crippen LogP contribution in [0, 0.1) is 20.8 Å². The van der Waals surface area contributed by atoms with Crippen molar-refractivity contribution in [2.45, 2.75) is 52.5 Å². The van der Waals surface area contributed by atoms with Gasteiger partial charge in [0.25, 0.3) is 0 Å². The lowest BCUT2D eigenvalue weighted by atomic mass is 9.97. The Morgan fingerprint density at radius 1 is 1.39 bits per heavy atom. The van der Waals surface area contributed by atoms with Crippen LogP contribution in [0.1, 0.15) is 48.3 Å². The third-order valence-electron chi connectivity index (χ3n) is 4.31. The highest BCUT2D eigenvalue weighted by Gasteiger charge is 2.28. The molecule has 0 N–H and O–H groups in total. The first-order chi connectivity index (χ1) is 11.0. The van der Waals surface area contributed by atoms with Crippen LogP contribution in [0.3, 0.4) is 0 Å². The predicted octanol–water partition coefficient (Wildman–Crippen LogP) is 1.99. The second kappa shape index (κ2) is 6.52. The normalized spacial score (nSPS) is 18.4. The largest absolute Gasteiger partial charge is 0.342 e. The van der Waals surface area contributed by atoms with E-state index in [0.717, 1.165) is 30.8 Å². The monoisotopic (exact) mass is 317 g/mol. The zero-order valence-corrected chi connectivity index (χ0v) is 13.9. The molecular weight excluding hydrogens is 294 g/mol. The summed E-state index contributed by atoms with van der Waals surface area (Å²) < 4.78 is 7.17. The van der Waals surface area contributed by atoms with Crippen LogP contribution in [0.5, 0.6) is 0 Å². The smallest absolute Gasteiger partial charge is 0.231 e. The maximum Gasteiger partial charge on any atom is 0.231 e. The number of carbonyl (C=O) groups is 1. The maximum absolute atomic E-state index is 12.5. The van der Waals surface area contributed by atoms with Gasteiger partial charge in [0.15, 0.2) is 5.82 Å². The highest BCUT2D eigenvalue weighted by molar-refractivity contribution is 5.76. The molecule has 0 aliphatic carbocycles. The lowest BCUT2D eigenvalue weighted by Gasteiger charge is -2.31. The Labute approximate surface area is 135 Å². The molecule has 1 unspecified atom stereocenters. The molecule has 0 bridgehead atoms. The van der Waals surface area contributed by atoms with Crippen LogP contribution in [0.2, 0.25) is 0 Å². The number of amides is 1. The second-order valence-electron chi connectivity index (χ2n) is 6.26. The quantitative estimate of drug-likeness (QED) is 0.862. The van der Waals surface area contributed by atoms with E-state index in [1.165, 1.54) is 0 Å². The topological polar surface area (TPSA) is 77.0 Å². The molecule has 7 heteroatoms. The molecule has 3 rings (SSSR count). The Morgan fingerprint density at radius 2 is 2.22 bits per heavy atom. The molecule has 124 valence electrons. The number of rotatable bonds is 4. The minimum atomic E-state index is 0.155. The van der Waals surface area contributed by atoms with Gasteiger partial charge in [0.2, 0.25) is 11.8 Å². The summed E-state index contributed by atoms with van der Waals surface area (Å²) in [5, 5.41) is 8.25. The number of carbonyl (C=O) groups excluding carboxylic acids is 1. The number of likely N-dealkylation sites (tertiary alicyclic amines) is 1. The van der Waals surface area contributed by atoms with Crippen molar-refractivity contribution in [3.63, 3.8) is 0 Å². The SMILES string of the molecule is Cc1cc(C)n(CCC(=O)N2CCCC(c3nc(C)no3)C2)n1. The number of piperidine rings is 1. The fourth-order valence-corrected chi connectivity index (χ4v) is 3.15. The van der Waals surface area contributed by atoms with Crippen molar-refractivity contribution in [1.29, 1.82) is 0 Å². The summed E-state index contributed by atoms with van der Waals surface area (Å²) in [5.74, 6) is 1.62. The Balaban J connectivity index is 1.57. The first-order valence-electron chi connectivity index (χ1n) is 8.12. The molecule has 3 heterocycles. The van der Waals surface area contributed by atoms with Gasteiger partial charge in [0.05, 0.1) is 11.6 Å². The second-order valence-corrected chi connectivity index (χ2v) is 6.26. The van der Waals surface area contributed by atoms with Crippen LogP contribution >= 0.6 is 0 Å². The number of hydrogen-bond donors (Lipinski definition) is 0. The molecule has 0 radical (unpaired) electrons. The Hall–Kier alpha value is -2.18. The van der Waals surface area contributed by atoms with E-state index < -0.39 is 0 Å². The maximum atomic E-state index is 12.5. The van der Waals surface area contributed by atoms with Crippen molar-refractivity contribution >= 4 is 5.91 Å². The van der Waals surface area contributed by atoms with Crippen LogP contribution in [-0.4, -0.2) is 43.8 Å². The van der Waals surface area contributed by atoms with Gasteiger partial charge in [-0.1, -0.05) is 5.16 Å². The first-order valence-corrected chi connectivity index (χ1v) is 8.12. The number of aromatic nitrogens is 4. The van der Waals surface area contributed by atoms with Gasteiger partial charge in [0, 0.05) is 31.7 Å². The number of aryl methyl sites for hydroxylation is 4. The molecule has 0 saturated carbocycles. The molecule has 2 aromatic heterocycles. The van der Waals surface area contributed by atoms with E-state index in [9.17, 15) is 4.79 Å². The van der Waals surface area contributed by atoms with Gasteiger partial charge in [-0.25, -0.2) is 0 Å². The van der Waals surface area contributed by atoms with E-state index in [1.807, 2.05) is 36.4 Å². The average molecular weight is 317 g/mol. The van der Waals surface area contributed by atoms with Crippen LogP contribution in [0.15, 0.2) is 10.6 Å². The van der Waals surface area contributed by atoms with Crippen LogP contribution in [0.4, 0.5) is 0 Å². The average Bonchev–Trinajstić information content (AvgIpc) is 3.10. The van der Waals surface area contributed by atoms with Gasteiger partial charge in [-0.2, -0.15) is 10.1 Å². The lowest BCUT2D eigenvalue weighted by molar-refractivity contribution is -0.132. The van der Waals surface area contributed by atoms with E-state index in [4.69, 9.17) is 4.52 Å². The fraction of sp³-hybridized carbons (Fsp3) is 0.625. The van der Waals surface area contributed by atoms with Crippen LogP contribution < -0.4 is 0 Å². The van der Waals surface area contributed by atoms with Crippen molar-refractivity contribution in [2.24, 2.45) is 0 Å².